The molecule has 0 bridgehead atoms. The van der Waals surface area contributed by atoms with Crippen molar-refractivity contribution < 1.29 is 32.6 Å². The average Bonchev–Trinajstić information content (AvgIpc) is 3.10. The number of nitrogens with zero attached hydrogens (tertiary/aromatic N) is 2. The van der Waals surface area contributed by atoms with Crippen molar-refractivity contribution in [3.8, 4) is 0 Å². The van der Waals surface area contributed by atoms with E-state index in [9.17, 15) is 18.0 Å². The van der Waals surface area contributed by atoms with E-state index in [4.69, 9.17) is 14.6 Å². The monoisotopic (exact) mass is 416 g/mol. The lowest BCUT2D eigenvalue weighted by Gasteiger charge is -2.43. The fourth-order valence-electron chi connectivity index (χ4n) is 3.90. The van der Waals surface area contributed by atoms with Crippen LogP contribution in [0.15, 0.2) is 30.3 Å². The molecule has 2 heterocycles. The second-order valence-corrected chi connectivity index (χ2v) is 7.57. The summed E-state index contributed by atoms with van der Waals surface area (Å²) >= 11 is 0. The van der Waals surface area contributed by atoms with Gasteiger partial charge in [0.2, 0.25) is 5.91 Å². The molecule has 2 aliphatic rings. The highest BCUT2D eigenvalue weighted by Gasteiger charge is 2.53. The smallest absolute Gasteiger partial charge is 0.475 e. The first-order valence-corrected chi connectivity index (χ1v) is 9.46. The number of carboxylic acid groups (broad SMARTS) is 1. The highest BCUT2D eigenvalue weighted by molar-refractivity contribution is 5.83. The number of halogens is 3. The molecule has 0 aliphatic carbocycles. The number of piperidine rings is 1. The Morgan fingerprint density at radius 3 is 2.45 bits per heavy atom. The number of benzene rings is 1. The molecule has 9 heteroatoms. The third-order valence-electron chi connectivity index (χ3n) is 5.33. The van der Waals surface area contributed by atoms with E-state index in [1.807, 2.05) is 14.1 Å². The minimum Gasteiger partial charge on any atom is -0.475 e. The first-order valence-electron chi connectivity index (χ1n) is 9.46. The van der Waals surface area contributed by atoms with Crippen LogP contribution in [0.4, 0.5) is 13.2 Å². The zero-order chi connectivity index (χ0) is 21.7. The summed E-state index contributed by atoms with van der Waals surface area (Å²) in [6.45, 7) is 3.59. The van der Waals surface area contributed by atoms with Crippen molar-refractivity contribution in [2.75, 3.05) is 40.3 Å². The Morgan fingerprint density at radius 1 is 1.28 bits per heavy atom. The van der Waals surface area contributed by atoms with Crippen LogP contribution in [0.2, 0.25) is 0 Å². The van der Waals surface area contributed by atoms with Crippen molar-refractivity contribution in [3.05, 3.63) is 35.9 Å². The van der Waals surface area contributed by atoms with Gasteiger partial charge in [-0.2, -0.15) is 13.2 Å². The quantitative estimate of drug-likeness (QED) is 0.817. The molecule has 0 saturated carbocycles. The van der Waals surface area contributed by atoms with Crippen LogP contribution in [0.3, 0.4) is 0 Å². The van der Waals surface area contributed by atoms with E-state index in [-0.39, 0.29) is 17.4 Å². The SMILES string of the molecule is CN(C)C(=O)[C@@]12CCO[C@@H]1CCN(CCc1ccccc1)C2.O=C(O)C(F)(F)F. The van der Waals surface area contributed by atoms with E-state index in [2.05, 4.69) is 35.2 Å². The fraction of sp³-hybridized carbons (Fsp3) is 0.600. The summed E-state index contributed by atoms with van der Waals surface area (Å²) in [4.78, 5) is 25.8. The Labute approximate surface area is 168 Å². The molecule has 162 valence electrons. The van der Waals surface area contributed by atoms with Gasteiger partial charge in [-0.1, -0.05) is 30.3 Å². The Morgan fingerprint density at radius 2 is 1.90 bits per heavy atom. The van der Waals surface area contributed by atoms with Crippen LogP contribution in [0.5, 0.6) is 0 Å². The minimum absolute atomic E-state index is 0.107. The molecule has 2 saturated heterocycles. The van der Waals surface area contributed by atoms with Crippen LogP contribution in [-0.4, -0.2) is 79.4 Å². The van der Waals surface area contributed by atoms with Crippen LogP contribution in [0.1, 0.15) is 18.4 Å². The summed E-state index contributed by atoms with van der Waals surface area (Å²) in [6, 6.07) is 10.6. The van der Waals surface area contributed by atoms with Gasteiger partial charge in [-0.25, -0.2) is 4.79 Å². The number of carbonyl (C=O) groups excluding carboxylic acids is 1. The number of rotatable bonds is 4. The standard InChI is InChI=1S/C18H26N2O2.C2HF3O2/c1-19(2)17(21)18-10-13-22-16(18)9-12-20(14-18)11-8-15-6-4-3-5-7-15;3-2(4,5)1(6)7/h3-7,16H,8-14H2,1-2H3;(H,6,7)/t16-,18-;/m1./s1. The lowest BCUT2D eigenvalue weighted by Crippen LogP contribution is -2.57. The van der Waals surface area contributed by atoms with Gasteiger partial charge in [0.1, 0.15) is 0 Å². The van der Waals surface area contributed by atoms with Gasteiger partial charge in [-0.05, 0) is 24.8 Å². The van der Waals surface area contributed by atoms with Crippen LogP contribution in [0, 0.1) is 5.41 Å². The number of carbonyl (C=O) groups is 2. The maximum absolute atomic E-state index is 12.7. The second kappa shape index (κ2) is 9.58. The Balaban J connectivity index is 0.000000370. The van der Waals surface area contributed by atoms with Gasteiger partial charge in [-0.3, -0.25) is 4.79 Å². The molecule has 6 nitrogen and oxygen atoms in total. The summed E-state index contributed by atoms with van der Waals surface area (Å²) < 4.78 is 37.6. The lowest BCUT2D eigenvalue weighted by molar-refractivity contribution is -0.192. The molecule has 29 heavy (non-hydrogen) atoms. The number of alkyl halides is 3. The van der Waals surface area contributed by atoms with E-state index >= 15 is 0 Å². The molecule has 1 aromatic carbocycles. The maximum atomic E-state index is 12.7. The molecule has 1 aromatic rings. The number of ether oxygens (including phenoxy) is 1. The van der Waals surface area contributed by atoms with Gasteiger partial charge < -0.3 is 19.6 Å². The zero-order valence-corrected chi connectivity index (χ0v) is 16.6. The van der Waals surface area contributed by atoms with E-state index in [1.54, 1.807) is 4.90 Å². The molecule has 0 aromatic heterocycles. The summed E-state index contributed by atoms with van der Waals surface area (Å²) in [5, 5.41) is 7.12. The van der Waals surface area contributed by atoms with E-state index in [1.165, 1.54) is 5.56 Å². The molecular weight excluding hydrogens is 389 g/mol. The number of fused-ring (bicyclic) bond motifs is 1. The van der Waals surface area contributed by atoms with Gasteiger partial charge in [0, 0.05) is 40.3 Å². The highest BCUT2D eigenvalue weighted by Crippen LogP contribution is 2.42. The van der Waals surface area contributed by atoms with E-state index in [0.29, 0.717) is 0 Å². The lowest BCUT2D eigenvalue weighted by atomic mass is 9.75. The summed E-state index contributed by atoms with van der Waals surface area (Å²) in [5.74, 6) is -2.52. The first-order chi connectivity index (χ1) is 13.6. The zero-order valence-electron chi connectivity index (χ0n) is 16.6. The predicted octanol–water partition coefficient (Wildman–Crippen LogP) is 2.43. The first kappa shape index (κ1) is 23.2. The second-order valence-electron chi connectivity index (χ2n) is 7.57. The largest absolute Gasteiger partial charge is 0.490 e. The van der Waals surface area contributed by atoms with Crippen molar-refractivity contribution in [1.29, 1.82) is 0 Å². The van der Waals surface area contributed by atoms with Crippen molar-refractivity contribution in [3.63, 3.8) is 0 Å². The van der Waals surface area contributed by atoms with Gasteiger partial charge in [0.05, 0.1) is 11.5 Å². The molecule has 0 radical (unpaired) electrons. The van der Waals surface area contributed by atoms with Crippen molar-refractivity contribution in [1.82, 2.24) is 9.80 Å². The molecule has 2 atom stereocenters. The van der Waals surface area contributed by atoms with Gasteiger partial charge in [-0.15, -0.1) is 0 Å². The number of likely N-dealkylation sites (tertiary alicyclic amines) is 1. The van der Waals surface area contributed by atoms with Crippen LogP contribution in [-0.2, 0) is 20.7 Å². The third-order valence-corrected chi connectivity index (χ3v) is 5.33. The number of hydrogen-bond donors (Lipinski definition) is 1. The average molecular weight is 416 g/mol. The predicted molar refractivity (Wildman–Crippen MR) is 100 cm³/mol. The molecule has 1 N–H and O–H groups in total. The highest BCUT2D eigenvalue weighted by atomic mass is 19.4. The molecule has 0 unspecified atom stereocenters. The topological polar surface area (TPSA) is 70.1 Å². The maximum Gasteiger partial charge on any atom is 0.490 e. The van der Waals surface area contributed by atoms with Crippen molar-refractivity contribution in [2.45, 2.75) is 31.5 Å². The Hall–Kier alpha value is -2.13. The van der Waals surface area contributed by atoms with Crippen LogP contribution in [0.25, 0.3) is 0 Å². The van der Waals surface area contributed by atoms with Gasteiger partial charge in [0.25, 0.3) is 0 Å². The van der Waals surface area contributed by atoms with Crippen molar-refractivity contribution in [2.24, 2.45) is 5.41 Å². The van der Waals surface area contributed by atoms with Gasteiger partial charge >= 0.3 is 12.1 Å². The Kier molecular flexibility index (Phi) is 7.65. The van der Waals surface area contributed by atoms with Crippen molar-refractivity contribution >= 4 is 11.9 Å². The van der Waals surface area contributed by atoms with E-state index in [0.717, 1.165) is 45.5 Å². The molecule has 3 rings (SSSR count). The molecule has 0 spiro atoms. The summed E-state index contributed by atoms with van der Waals surface area (Å²) in [5.41, 5.74) is 1.04. The fourth-order valence-corrected chi connectivity index (χ4v) is 3.90. The molecule has 2 aliphatic heterocycles. The minimum atomic E-state index is -5.08. The summed E-state index contributed by atoms with van der Waals surface area (Å²) in [7, 11) is 3.71. The summed E-state index contributed by atoms with van der Waals surface area (Å²) in [6.07, 6.45) is -2.11. The van der Waals surface area contributed by atoms with E-state index < -0.39 is 12.1 Å². The number of aliphatic carboxylic acids is 1. The Bertz CT molecular complexity index is 697. The number of carboxylic acids is 1. The van der Waals surface area contributed by atoms with Gasteiger partial charge in [0.15, 0.2) is 0 Å². The number of amides is 1. The normalized spacial score (nSPS) is 24.2. The molecule has 2 fully saturated rings. The molecule has 1 amide bonds. The molecular formula is C20H27F3N2O4. The third kappa shape index (κ3) is 5.93. The number of hydrogen-bond acceptors (Lipinski definition) is 4. The van der Waals surface area contributed by atoms with Crippen LogP contribution >= 0.6 is 0 Å². The van der Waals surface area contributed by atoms with Crippen LogP contribution < -0.4 is 0 Å².